The number of para-hydroxylation sites is 1. The molecule has 0 unspecified atom stereocenters. The minimum Gasteiger partial charge on any atom is -0.457 e. The SMILES string of the molecule is C#Cc1ccc(Oc2ccccc2)cc1C. The zero-order chi connectivity index (χ0) is 11.4. The number of hydrogen-bond acceptors (Lipinski definition) is 1. The van der Waals surface area contributed by atoms with Crippen molar-refractivity contribution in [2.24, 2.45) is 0 Å². The van der Waals surface area contributed by atoms with E-state index in [-0.39, 0.29) is 0 Å². The second-order valence-electron chi connectivity index (χ2n) is 3.54. The first-order chi connectivity index (χ1) is 7.79. The lowest BCUT2D eigenvalue weighted by Crippen LogP contribution is -1.87. The Labute approximate surface area is 95.7 Å². The molecule has 0 aliphatic carbocycles. The second-order valence-corrected chi connectivity index (χ2v) is 3.54. The van der Waals surface area contributed by atoms with Crippen LogP contribution in [-0.4, -0.2) is 0 Å². The molecule has 0 saturated heterocycles. The molecule has 0 atom stereocenters. The highest BCUT2D eigenvalue weighted by atomic mass is 16.5. The van der Waals surface area contributed by atoms with Crippen molar-refractivity contribution < 1.29 is 4.74 Å². The summed E-state index contributed by atoms with van der Waals surface area (Å²) >= 11 is 0. The van der Waals surface area contributed by atoms with Crippen LogP contribution < -0.4 is 4.74 Å². The molecule has 0 amide bonds. The maximum absolute atomic E-state index is 5.69. The first kappa shape index (κ1) is 10.3. The summed E-state index contributed by atoms with van der Waals surface area (Å²) in [5.41, 5.74) is 1.95. The Morgan fingerprint density at radius 1 is 1.00 bits per heavy atom. The van der Waals surface area contributed by atoms with Gasteiger partial charge in [0.25, 0.3) is 0 Å². The number of benzene rings is 2. The Morgan fingerprint density at radius 3 is 2.38 bits per heavy atom. The molecular formula is C15H12O. The molecule has 78 valence electrons. The van der Waals surface area contributed by atoms with Gasteiger partial charge in [-0.3, -0.25) is 0 Å². The van der Waals surface area contributed by atoms with Crippen molar-refractivity contribution in [3.63, 3.8) is 0 Å². The zero-order valence-electron chi connectivity index (χ0n) is 9.10. The molecule has 0 fully saturated rings. The zero-order valence-corrected chi connectivity index (χ0v) is 9.10. The molecule has 0 spiro atoms. The summed E-state index contributed by atoms with van der Waals surface area (Å²) in [7, 11) is 0. The molecule has 1 heteroatoms. The molecule has 0 bridgehead atoms. The van der Waals surface area contributed by atoms with E-state index in [2.05, 4.69) is 5.92 Å². The van der Waals surface area contributed by atoms with Crippen molar-refractivity contribution in [2.75, 3.05) is 0 Å². The number of hydrogen-bond donors (Lipinski definition) is 0. The van der Waals surface area contributed by atoms with E-state index >= 15 is 0 Å². The van der Waals surface area contributed by atoms with Crippen molar-refractivity contribution in [3.8, 4) is 23.8 Å². The Kier molecular flexibility index (Phi) is 2.93. The third-order valence-electron chi connectivity index (χ3n) is 2.33. The van der Waals surface area contributed by atoms with Gasteiger partial charge in [-0.2, -0.15) is 0 Å². The molecule has 0 aliphatic heterocycles. The minimum atomic E-state index is 0.808. The van der Waals surface area contributed by atoms with Crippen molar-refractivity contribution in [3.05, 3.63) is 59.7 Å². The fourth-order valence-electron chi connectivity index (χ4n) is 1.49. The first-order valence-corrected chi connectivity index (χ1v) is 5.10. The van der Waals surface area contributed by atoms with Crippen LogP contribution in [0.1, 0.15) is 11.1 Å². The molecule has 0 aliphatic rings. The Balaban J connectivity index is 2.24. The second kappa shape index (κ2) is 4.55. The van der Waals surface area contributed by atoms with Crippen LogP contribution in [0.5, 0.6) is 11.5 Å². The third kappa shape index (κ3) is 2.24. The lowest BCUT2D eigenvalue weighted by molar-refractivity contribution is 0.482. The summed E-state index contributed by atoms with van der Waals surface area (Å²) < 4.78 is 5.69. The van der Waals surface area contributed by atoms with Gasteiger partial charge in [-0.25, -0.2) is 0 Å². The van der Waals surface area contributed by atoms with Gasteiger partial charge >= 0.3 is 0 Å². The predicted molar refractivity (Wildman–Crippen MR) is 65.6 cm³/mol. The average Bonchev–Trinajstić information content (AvgIpc) is 2.31. The number of ether oxygens (including phenoxy) is 1. The van der Waals surface area contributed by atoms with Crippen LogP contribution in [0.3, 0.4) is 0 Å². The van der Waals surface area contributed by atoms with Crippen LogP contribution in [0.25, 0.3) is 0 Å². The van der Waals surface area contributed by atoms with Crippen LogP contribution >= 0.6 is 0 Å². The average molecular weight is 208 g/mol. The highest BCUT2D eigenvalue weighted by molar-refractivity contribution is 5.44. The highest BCUT2D eigenvalue weighted by Crippen LogP contribution is 2.23. The normalized spacial score (nSPS) is 9.50. The molecule has 16 heavy (non-hydrogen) atoms. The van der Waals surface area contributed by atoms with Gasteiger partial charge in [0.15, 0.2) is 0 Å². The van der Waals surface area contributed by atoms with Gasteiger partial charge in [0.05, 0.1) is 0 Å². The molecule has 2 rings (SSSR count). The smallest absolute Gasteiger partial charge is 0.127 e. The molecule has 0 heterocycles. The van der Waals surface area contributed by atoms with Crippen LogP contribution in [0, 0.1) is 19.3 Å². The fourth-order valence-corrected chi connectivity index (χ4v) is 1.49. The summed E-state index contributed by atoms with van der Waals surface area (Å²) in [4.78, 5) is 0. The molecule has 0 radical (unpaired) electrons. The summed E-state index contributed by atoms with van der Waals surface area (Å²) in [6.45, 7) is 1.98. The van der Waals surface area contributed by atoms with Gasteiger partial charge in [0.1, 0.15) is 11.5 Å². The highest BCUT2D eigenvalue weighted by Gasteiger charge is 1.99. The molecule has 0 N–H and O–H groups in total. The Hall–Kier alpha value is -2.20. The van der Waals surface area contributed by atoms with Crippen molar-refractivity contribution in [1.82, 2.24) is 0 Å². The molecule has 0 saturated carbocycles. The van der Waals surface area contributed by atoms with Gasteiger partial charge in [-0.05, 0) is 42.8 Å². The Bertz CT molecular complexity index is 521. The van der Waals surface area contributed by atoms with Gasteiger partial charge in [0.2, 0.25) is 0 Å². The van der Waals surface area contributed by atoms with E-state index in [4.69, 9.17) is 11.2 Å². The van der Waals surface area contributed by atoms with Crippen LogP contribution in [0.2, 0.25) is 0 Å². The fraction of sp³-hybridized carbons (Fsp3) is 0.0667. The van der Waals surface area contributed by atoms with Crippen molar-refractivity contribution in [2.45, 2.75) is 6.92 Å². The molecular weight excluding hydrogens is 196 g/mol. The third-order valence-corrected chi connectivity index (χ3v) is 2.33. The number of terminal acetylenes is 1. The van der Waals surface area contributed by atoms with E-state index in [9.17, 15) is 0 Å². The minimum absolute atomic E-state index is 0.808. The molecule has 1 nitrogen and oxygen atoms in total. The van der Waals surface area contributed by atoms with Crippen LogP contribution in [0.15, 0.2) is 48.5 Å². The van der Waals surface area contributed by atoms with Gasteiger partial charge in [0, 0.05) is 5.56 Å². The topological polar surface area (TPSA) is 9.23 Å². The first-order valence-electron chi connectivity index (χ1n) is 5.10. The summed E-state index contributed by atoms with van der Waals surface area (Å²) in [5.74, 6) is 4.27. The maximum atomic E-state index is 5.69. The molecule has 2 aromatic carbocycles. The summed E-state index contributed by atoms with van der Waals surface area (Å²) in [5, 5.41) is 0. The van der Waals surface area contributed by atoms with Gasteiger partial charge < -0.3 is 4.74 Å². The quantitative estimate of drug-likeness (QED) is 0.683. The monoisotopic (exact) mass is 208 g/mol. The largest absolute Gasteiger partial charge is 0.457 e. The summed E-state index contributed by atoms with van der Waals surface area (Å²) in [6.07, 6.45) is 5.36. The van der Waals surface area contributed by atoms with E-state index < -0.39 is 0 Å². The lowest BCUT2D eigenvalue weighted by atomic mass is 10.1. The molecule has 2 aromatic rings. The van der Waals surface area contributed by atoms with E-state index in [1.165, 1.54) is 0 Å². The van der Waals surface area contributed by atoms with Crippen molar-refractivity contribution in [1.29, 1.82) is 0 Å². The summed E-state index contributed by atoms with van der Waals surface area (Å²) in [6, 6.07) is 15.4. The van der Waals surface area contributed by atoms with Gasteiger partial charge in [-0.1, -0.05) is 24.1 Å². The van der Waals surface area contributed by atoms with E-state index in [1.54, 1.807) is 0 Å². The van der Waals surface area contributed by atoms with E-state index in [1.807, 2.05) is 55.5 Å². The predicted octanol–water partition coefficient (Wildman–Crippen LogP) is 3.77. The lowest BCUT2D eigenvalue weighted by Gasteiger charge is -2.07. The Morgan fingerprint density at radius 2 is 1.75 bits per heavy atom. The van der Waals surface area contributed by atoms with E-state index in [0.29, 0.717) is 0 Å². The van der Waals surface area contributed by atoms with Crippen LogP contribution in [-0.2, 0) is 0 Å². The van der Waals surface area contributed by atoms with Crippen LogP contribution in [0.4, 0.5) is 0 Å². The standard InChI is InChI=1S/C15H12O/c1-3-13-9-10-15(11-12(13)2)16-14-7-5-4-6-8-14/h1,4-11H,2H3. The van der Waals surface area contributed by atoms with Crippen molar-refractivity contribution >= 4 is 0 Å². The van der Waals surface area contributed by atoms with E-state index in [0.717, 1.165) is 22.6 Å². The number of rotatable bonds is 2. The number of aryl methyl sites for hydroxylation is 1. The molecule has 0 aromatic heterocycles. The maximum Gasteiger partial charge on any atom is 0.127 e. The van der Waals surface area contributed by atoms with Gasteiger partial charge in [-0.15, -0.1) is 6.42 Å².